The van der Waals surface area contributed by atoms with Crippen molar-refractivity contribution in [3.63, 3.8) is 0 Å². The highest BCUT2D eigenvalue weighted by molar-refractivity contribution is 9.10. The van der Waals surface area contributed by atoms with E-state index in [2.05, 4.69) is 26.0 Å². The molecule has 1 saturated carbocycles. The van der Waals surface area contributed by atoms with Gasteiger partial charge < -0.3 is 10.1 Å². The molecule has 0 aromatic heterocycles. The van der Waals surface area contributed by atoms with Gasteiger partial charge in [0.1, 0.15) is 0 Å². The van der Waals surface area contributed by atoms with Crippen molar-refractivity contribution in [3.05, 3.63) is 69.7 Å². The summed E-state index contributed by atoms with van der Waals surface area (Å²) in [5, 5.41) is 3.05. The van der Waals surface area contributed by atoms with Crippen molar-refractivity contribution in [1.82, 2.24) is 5.32 Å². The Morgan fingerprint density at radius 3 is 2.48 bits per heavy atom. The molecule has 0 heterocycles. The summed E-state index contributed by atoms with van der Waals surface area (Å²) in [6.45, 7) is 0.576. The zero-order chi connectivity index (χ0) is 17.9. The molecule has 2 aromatic rings. The molecule has 5 heteroatoms. The summed E-state index contributed by atoms with van der Waals surface area (Å²) in [6.07, 6.45) is 2.51. The van der Waals surface area contributed by atoms with Crippen LogP contribution in [0, 0.1) is 0 Å². The minimum Gasteiger partial charge on any atom is -0.465 e. The molecule has 1 fully saturated rings. The van der Waals surface area contributed by atoms with Gasteiger partial charge in [-0.2, -0.15) is 0 Å². The van der Waals surface area contributed by atoms with Gasteiger partial charge in [0.05, 0.1) is 18.1 Å². The molecule has 0 unspecified atom stereocenters. The predicted octanol–water partition coefficient (Wildman–Crippen LogP) is 3.63. The van der Waals surface area contributed by atoms with Crippen LogP contribution < -0.4 is 5.32 Å². The second kappa shape index (κ2) is 7.40. The number of halogens is 1. The molecule has 0 atom stereocenters. The molecule has 3 rings (SSSR count). The lowest BCUT2D eigenvalue weighted by atomic mass is 9.95. The fourth-order valence-corrected chi connectivity index (χ4v) is 3.37. The molecule has 1 amide bonds. The molecule has 1 N–H and O–H groups in total. The van der Waals surface area contributed by atoms with E-state index in [1.165, 1.54) is 7.11 Å². The number of hydrogen-bond acceptors (Lipinski definition) is 3. The maximum Gasteiger partial charge on any atom is 0.337 e. The number of methoxy groups -OCH3 is 1. The Hall–Kier alpha value is -2.14. The average molecular weight is 402 g/mol. The smallest absolute Gasteiger partial charge is 0.337 e. The van der Waals surface area contributed by atoms with Crippen molar-refractivity contribution in [2.75, 3.05) is 13.7 Å². The lowest BCUT2D eigenvalue weighted by Gasteiger charge is -2.16. The SMILES string of the molecule is COC(=O)c1ccc(CCNC(=O)C2(c3cccc(Br)c3)CC2)cc1. The van der Waals surface area contributed by atoms with Gasteiger partial charge in [0.15, 0.2) is 0 Å². The molecule has 0 spiro atoms. The number of nitrogens with one attached hydrogen (secondary N) is 1. The third-order valence-corrected chi connectivity index (χ3v) is 5.13. The Kier molecular flexibility index (Phi) is 5.23. The van der Waals surface area contributed by atoms with Crippen LogP contribution in [-0.4, -0.2) is 25.5 Å². The van der Waals surface area contributed by atoms with Crippen molar-refractivity contribution in [3.8, 4) is 0 Å². The zero-order valence-corrected chi connectivity index (χ0v) is 15.6. The Labute approximate surface area is 155 Å². The summed E-state index contributed by atoms with van der Waals surface area (Å²) in [6, 6.07) is 15.2. The number of amides is 1. The van der Waals surface area contributed by atoms with Crippen LogP contribution in [0.2, 0.25) is 0 Å². The number of ether oxygens (including phenoxy) is 1. The van der Waals surface area contributed by atoms with Crippen LogP contribution in [0.3, 0.4) is 0 Å². The highest BCUT2D eigenvalue weighted by Crippen LogP contribution is 2.48. The normalized spacial score (nSPS) is 14.6. The molecule has 0 radical (unpaired) electrons. The Balaban J connectivity index is 1.55. The van der Waals surface area contributed by atoms with Crippen molar-refractivity contribution in [2.24, 2.45) is 0 Å². The van der Waals surface area contributed by atoms with Crippen LogP contribution in [0.1, 0.15) is 34.3 Å². The molecule has 130 valence electrons. The van der Waals surface area contributed by atoms with E-state index in [1.54, 1.807) is 12.1 Å². The van der Waals surface area contributed by atoms with Crippen molar-refractivity contribution >= 4 is 27.8 Å². The summed E-state index contributed by atoms with van der Waals surface area (Å²) in [5.41, 5.74) is 2.31. The predicted molar refractivity (Wildman–Crippen MR) is 99.5 cm³/mol. The van der Waals surface area contributed by atoms with E-state index in [0.717, 1.165) is 34.9 Å². The second-order valence-corrected chi connectivity index (χ2v) is 7.20. The number of carbonyl (C=O) groups is 2. The van der Waals surface area contributed by atoms with Gasteiger partial charge in [-0.25, -0.2) is 4.79 Å². The Morgan fingerprint density at radius 1 is 1.16 bits per heavy atom. The van der Waals surface area contributed by atoms with E-state index in [4.69, 9.17) is 0 Å². The number of benzene rings is 2. The Morgan fingerprint density at radius 2 is 1.88 bits per heavy atom. The van der Waals surface area contributed by atoms with Gasteiger partial charge in [-0.1, -0.05) is 40.2 Å². The summed E-state index contributed by atoms with van der Waals surface area (Å²) in [7, 11) is 1.37. The molecule has 0 saturated heterocycles. The van der Waals surface area contributed by atoms with Gasteiger partial charge >= 0.3 is 5.97 Å². The summed E-state index contributed by atoms with van der Waals surface area (Å²) in [4.78, 5) is 24.0. The fourth-order valence-electron chi connectivity index (χ4n) is 2.97. The number of esters is 1. The molecular formula is C20H20BrNO3. The monoisotopic (exact) mass is 401 g/mol. The average Bonchev–Trinajstić information content (AvgIpc) is 3.43. The van der Waals surface area contributed by atoms with E-state index in [0.29, 0.717) is 12.1 Å². The first-order chi connectivity index (χ1) is 12.0. The Bertz CT molecular complexity index is 782. The molecule has 1 aliphatic rings. The van der Waals surface area contributed by atoms with Gasteiger partial charge in [-0.3, -0.25) is 4.79 Å². The topological polar surface area (TPSA) is 55.4 Å². The molecule has 25 heavy (non-hydrogen) atoms. The lowest BCUT2D eigenvalue weighted by Crippen LogP contribution is -2.35. The summed E-state index contributed by atoms with van der Waals surface area (Å²) < 4.78 is 5.68. The molecule has 0 aliphatic heterocycles. The maximum absolute atomic E-state index is 12.6. The van der Waals surface area contributed by atoms with Crippen molar-refractivity contribution in [2.45, 2.75) is 24.7 Å². The molecule has 2 aromatic carbocycles. The van der Waals surface area contributed by atoms with Gasteiger partial charge in [-0.05, 0) is 54.7 Å². The number of rotatable bonds is 6. The fraction of sp³-hybridized carbons (Fsp3) is 0.300. The van der Waals surface area contributed by atoms with Crippen LogP contribution in [-0.2, 0) is 21.4 Å². The minimum absolute atomic E-state index is 0.0942. The van der Waals surface area contributed by atoms with Gasteiger partial charge in [0, 0.05) is 11.0 Å². The second-order valence-electron chi connectivity index (χ2n) is 6.29. The summed E-state index contributed by atoms with van der Waals surface area (Å²) in [5.74, 6) is -0.249. The first kappa shape index (κ1) is 17.7. The third kappa shape index (κ3) is 3.93. The van der Waals surface area contributed by atoms with Crippen LogP contribution in [0.4, 0.5) is 0 Å². The summed E-state index contributed by atoms with van der Waals surface area (Å²) >= 11 is 3.47. The van der Waals surface area contributed by atoms with E-state index in [9.17, 15) is 9.59 Å². The van der Waals surface area contributed by atoms with Crippen LogP contribution in [0.25, 0.3) is 0 Å². The quantitative estimate of drug-likeness (QED) is 0.751. The number of carbonyl (C=O) groups excluding carboxylic acids is 2. The first-order valence-electron chi connectivity index (χ1n) is 8.27. The standard InChI is InChI=1S/C20H20BrNO3/c1-25-18(23)15-7-5-14(6-8-15)9-12-22-19(24)20(10-11-20)16-3-2-4-17(21)13-16/h2-8,13H,9-12H2,1H3,(H,22,24). The van der Waals surface area contributed by atoms with Gasteiger partial charge in [0.2, 0.25) is 5.91 Å². The van der Waals surface area contributed by atoms with Crippen LogP contribution >= 0.6 is 15.9 Å². The highest BCUT2D eigenvalue weighted by Gasteiger charge is 2.51. The zero-order valence-electron chi connectivity index (χ0n) is 14.0. The molecule has 4 nitrogen and oxygen atoms in total. The van der Waals surface area contributed by atoms with Crippen LogP contribution in [0.15, 0.2) is 53.0 Å². The molecule has 0 bridgehead atoms. The van der Waals surface area contributed by atoms with Crippen LogP contribution in [0.5, 0.6) is 0 Å². The molecular weight excluding hydrogens is 382 g/mol. The van der Waals surface area contributed by atoms with Crippen molar-refractivity contribution < 1.29 is 14.3 Å². The molecule has 1 aliphatic carbocycles. The van der Waals surface area contributed by atoms with E-state index in [1.807, 2.05) is 36.4 Å². The van der Waals surface area contributed by atoms with E-state index < -0.39 is 0 Å². The van der Waals surface area contributed by atoms with E-state index >= 15 is 0 Å². The highest BCUT2D eigenvalue weighted by atomic mass is 79.9. The number of hydrogen-bond donors (Lipinski definition) is 1. The maximum atomic E-state index is 12.6. The van der Waals surface area contributed by atoms with E-state index in [-0.39, 0.29) is 17.3 Å². The largest absolute Gasteiger partial charge is 0.465 e. The van der Waals surface area contributed by atoms with Gasteiger partial charge in [-0.15, -0.1) is 0 Å². The first-order valence-corrected chi connectivity index (χ1v) is 9.06. The minimum atomic E-state index is -0.363. The lowest BCUT2D eigenvalue weighted by molar-refractivity contribution is -0.123. The van der Waals surface area contributed by atoms with Gasteiger partial charge in [0.25, 0.3) is 0 Å². The van der Waals surface area contributed by atoms with Crippen molar-refractivity contribution in [1.29, 1.82) is 0 Å². The third-order valence-electron chi connectivity index (χ3n) is 4.64.